The second kappa shape index (κ2) is 11.8. The number of ketones is 1. The average Bonchev–Trinajstić information content (AvgIpc) is 3.47. The second-order valence-electron chi connectivity index (χ2n) is 9.01. The third-order valence-corrected chi connectivity index (χ3v) is 7.58. The van der Waals surface area contributed by atoms with Gasteiger partial charge >= 0.3 is 11.9 Å². The summed E-state index contributed by atoms with van der Waals surface area (Å²) in [6.07, 6.45) is 0.837. The topological polar surface area (TPSA) is 124 Å². The van der Waals surface area contributed by atoms with E-state index in [0.717, 1.165) is 23.3 Å². The number of aliphatic hydroxyl groups excluding tert-OH is 1. The molecule has 1 saturated heterocycles. The van der Waals surface area contributed by atoms with Gasteiger partial charge in [-0.05, 0) is 61.7 Å². The molecule has 0 aliphatic carbocycles. The van der Waals surface area contributed by atoms with Crippen molar-refractivity contribution >= 4 is 39.9 Å². The van der Waals surface area contributed by atoms with E-state index in [9.17, 15) is 19.5 Å². The summed E-state index contributed by atoms with van der Waals surface area (Å²) in [7, 11) is 4.21. The average molecular weight is 567 g/mol. The van der Waals surface area contributed by atoms with Crippen LogP contribution in [0.5, 0.6) is 17.2 Å². The van der Waals surface area contributed by atoms with Gasteiger partial charge in [-0.15, -0.1) is 0 Å². The Morgan fingerprint density at radius 3 is 2.35 bits per heavy atom. The highest BCUT2D eigenvalue weighted by molar-refractivity contribution is 7.17. The third kappa shape index (κ3) is 5.12. The predicted molar refractivity (Wildman–Crippen MR) is 149 cm³/mol. The number of aromatic nitrogens is 1. The zero-order valence-electron chi connectivity index (χ0n) is 23.1. The summed E-state index contributed by atoms with van der Waals surface area (Å²) in [4.78, 5) is 45.1. The minimum absolute atomic E-state index is 0.110. The van der Waals surface area contributed by atoms with E-state index in [4.69, 9.17) is 18.9 Å². The van der Waals surface area contributed by atoms with Crippen LogP contribution in [0, 0.1) is 13.8 Å². The number of carbonyl (C=O) groups excluding carboxylic acids is 3. The van der Waals surface area contributed by atoms with Crippen molar-refractivity contribution in [3.05, 3.63) is 69.2 Å². The van der Waals surface area contributed by atoms with Crippen molar-refractivity contribution in [3.63, 3.8) is 0 Å². The first-order valence-corrected chi connectivity index (χ1v) is 13.3. The number of anilines is 1. The quantitative estimate of drug-likeness (QED) is 0.165. The van der Waals surface area contributed by atoms with Gasteiger partial charge < -0.3 is 24.1 Å². The van der Waals surface area contributed by atoms with Crippen LogP contribution in [0.1, 0.15) is 51.4 Å². The van der Waals surface area contributed by atoms with Crippen LogP contribution < -0.4 is 19.1 Å². The fourth-order valence-corrected chi connectivity index (χ4v) is 5.47. The highest BCUT2D eigenvalue weighted by Crippen LogP contribution is 2.45. The first-order valence-electron chi connectivity index (χ1n) is 12.5. The van der Waals surface area contributed by atoms with Gasteiger partial charge in [-0.25, -0.2) is 9.78 Å². The Morgan fingerprint density at radius 1 is 1.02 bits per heavy atom. The van der Waals surface area contributed by atoms with E-state index in [-0.39, 0.29) is 21.3 Å². The highest BCUT2D eigenvalue weighted by Gasteiger charge is 2.48. The molecule has 1 fully saturated rings. The summed E-state index contributed by atoms with van der Waals surface area (Å²) >= 11 is 0.923. The Kier molecular flexibility index (Phi) is 8.43. The van der Waals surface area contributed by atoms with Crippen LogP contribution in [0.3, 0.4) is 0 Å². The zero-order chi connectivity index (χ0) is 29.1. The predicted octanol–water partition coefficient (Wildman–Crippen LogP) is 4.98. The molecule has 2 heterocycles. The normalized spacial score (nSPS) is 16.2. The van der Waals surface area contributed by atoms with Gasteiger partial charge in [0.15, 0.2) is 16.6 Å². The number of benzene rings is 2. The fourth-order valence-electron chi connectivity index (χ4n) is 4.46. The first kappa shape index (κ1) is 28.6. The first-order chi connectivity index (χ1) is 19.2. The molecule has 1 aromatic heterocycles. The number of thiazole rings is 1. The summed E-state index contributed by atoms with van der Waals surface area (Å²) in [5.74, 6) is -1.29. The fraction of sp³-hybridized carbons (Fsp3) is 0.310. The van der Waals surface area contributed by atoms with Gasteiger partial charge in [-0.3, -0.25) is 14.5 Å². The number of nitrogens with zero attached hydrogens (tertiary/aromatic N) is 2. The summed E-state index contributed by atoms with van der Waals surface area (Å²) in [6.45, 7) is 5.98. The second-order valence-corrected chi connectivity index (χ2v) is 9.99. The lowest BCUT2D eigenvalue weighted by Gasteiger charge is -2.24. The van der Waals surface area contributed by atoms with Gasteiger partial charge in [-0.1, -0.05) is 24.3 Å². The van der Waals surface area contributed by atoms with Crippen molar-refractivity contribution in [1.29, 1.82) is 0 Å². The van der Waals surface area contributed by atoms with Crippen LogP contribution in [0.4, 0.5) is 5.13 Å². The van der Waals surface area contributed by atoms with E-state index in [1.165, 1.54) is 26.2 Å². The molecule has 0 spiro atoms. The molecule has 1 aliphatic rings. The number of hydrogen-bond acceptors (Lipinski definition) is 10. The van der Waals surface area contributed by atoms with E-state index < -0.39 is 23.7 Å². The molecule has 1 atom stereocenters. The van der Waals surface area contributed by atoms with Crippen LogP contribution in [0.25, 0.3) is 5.76 Å². The lowest BCUT2D eigenvalue weighted by atomic mass is 9.94. The minimum Gasteiger partial charge on any atom is -0.507 e. The van der Waals surface area contributed by atoms with E-state index in [1.807, 2.05) is 13.8 Å². The lowest BCUT2D eigenvalue weighted by Crippen LogP contribution is -2.29. The summed E-state index contributed by atoms with van der Waals surface area (Å²) in [5.41, 5.74) is 1.78. The molecule has 2 aromatic carbocycles. The molecule has 1 amide bonds. The molecular weight excluding hydrogens is 536 g/mol. The third-order valence-electron chi connectivity index (χ3n) is 6.44. The van der Waals surface area contributed by atoms with E-state index in [0.29, 0.717) is 40.7 Å². The number of amides is 1. The molecule has 1 aliphatic heterocycles. The van der Waals surface area contributed by atoms with Crippen LogP contribution in [-0.4, -0.2) is 55.7 Å². The molecule has 0 saturated carbocycles. The van der Waals surface area contributed by atoms with Crippen LogP contribution in [-0.2, 0) is 14.3 Å². The SMILES string of the molecule is CCCOc1ccc(C(O)=C2C(=O)C(=O)N(c3nc(C)c(C(=O)OC)s3)[C@H]2c2ccc(OC)c(OC)c2)cc1C. The van der Waals surface area contributed by atoms with Gasteiger partial charge in [0.2, 0.25) is 0 Å². The van der Waals surface area contributed by atoms with E-state index in [1.54, 1.807) is 43.3 Å². The summed E-state index contributed by atoms with van der Waals surface area (Å²) in [5, 5.41) is 11.6. The van der Waals surface area contributed by atoms with Crippen LogP contribution in [0.2, 0.25) is 0 Å². The van der Waals surface area contributed by atoms with Crippen molar-refractivity contribution in [3.8, 4) is 17.2 Å². The summed E-state index contributed by atoms with van der Waals surface area (Å²) in [6, 6.07) is 8.92. The smallest absolute Gasteiger partial charge is 0.350 e. The van der Waals surface area contributed by atoms with Gasteiger partial charge in [0.1, 0.15) is 16.4 Å². The minimum atomic E-state index is -1.08. The largest absolute Gasteiger partial charge is 0.507 e. The lowest BCUT2D eigenvalue weighted by molar-refractivity contribution is -0.132. The molecular formula is C29H30N2O8S. The molecule has 210 valence electrons. The Labute approximate surface area is 235 Å². The summed E-state index contributed by atoms with van der Waals surface area (Å²) < 4.78 is 21.4. The maximum atomic E-state index is 13.5. The van der Waals surface area contributed by atoms with E-state index >= 15 is 0 Å². The molecule has 40 heavy (non-hydrogen) atoms. The van der Waals surface area contributed by atoms with Crippen molar-refractivity contribution < 1.29 is 38.4 Å². The van der Waals surface area contributed by atoms with Crippen LogP contribution >= 0.6 is 11.3 Å². The number of aliphatic hydroxyl groups is 1. The maximum Gasteiger partial charge on any atom is 0.350 e. The number of ether oxygens (including phenoxy) is 4. The number of rotatable bonds is 9. The molecule has 0 radical (unpaired) electrons. The van der Waals surface area contributed by atoms with Crippen molar-refractivity contribution in [2.45, 2.75) is 33.2 Å². The van der Waals surface area contributed by atoms with Crippen LogP contribution in [0.15, 0.2) is 42.0 Å². The number of carbonyl (C=O) groups is 3. The maximum absolute atomic E-state index is 13.5. The molecule has 1 N–H and O–H groups in total. The molecule has 10 nitrogen and oxygen atoms in total. The van der Waals surface area contributed by atoms with Crippen molar-refractivity contribution in [2.75, 3.05) is 32.8 Å². The van der Waals surface area contributed by atoms with Crippen molar-refractivity contribution in [1.82, 2.24) is 4.98 Å². The van der Waals surface area contributed by atoms with E-state index in [2.05, 4.69) is 4.98 Å². The molecule has 0 unspecified atom stereocenters. The number of hydrogen-bond donors (Lipinski definition) is 1. The molecule has 11 heteroatoms. The highest BCUT2D eigenvalue weighted by atomic mass is 32.1. The Hall–Kier alpha value is -4.38. The Balaban J connectivity index is 1.93. The van der Waals surface area contributed by atoms with Gasteiger partial charge in [-0.2, -0.15) is 0 Å². The monoisotopic (exact) mass is 566 g/mol. The standard InChI is InChI=1S/C29H30N2O8S/c1-7-12-39-19-10-9-18(13-15(19)2)24(32)22-23(17-8-11-20(36-4)21(14-17)37-5)31(27(34)25(22)33)29-30-16(3)26(40-29)28(35)38-6/h8-11,13-14,23,32H,7,12H2,1-6H3/t23-/m0/s1. The van der Waals surface area contributed by atoms with Gasteiger partial charge in [0.25, 0.3) is 5.78 Å². The van der Waals surface area contributed by atoms with Crippen molar-refractivity contribution in [2.24, 2.45) is 0 Å². The van der Waals surface area contributed by atoms with Gasteiger partial charge in [0, 0.05) is 5.56 Å². The Bertz CT molecular complexity index is 1510. The number of aryl methyl sites for hydroxylation is 2. The molecule has 0 bridgehead atoms. The zero-order valence-corrected chi connectivity index (χ0v) is 23.9. The van der Waals surface area contributed by atoms with Gasteiger partial charge in [0.05, 0.1) is 45.2 Å². The number of methoxy groups -OCH3 is 3. The molecule has 4 rings (SSSR count). The number of esters is 1. The number of Topliss-reactive ketones (excluding diaryl/α,β-unsaturated/α-hetero) is 1. The Morgan fingerprint density at radius 2 is 1.73 bits per heavy atom. The molecule has 3 aromatic rings.